The third-order valence-corrected chi connectivity index (χ3v) is 7.44. The van der Waals surface area contributed by atoms with Crippen molar-refractivity contribution >= 4 is 11.8 Å². The predicted molar refractivity (Wildman–Crippen MR) is 133 cm³/mol. The summed E-state index contributed by atoms with van der Waals surface area (Å²) in [6.45, 7) is 7.35. The molecular weight excluding hydrogens is 410 g/mol. The summed E-state index contributed by atoms with van der Waals surface area (Å²) < 4.78 is 2.06. The Morgan fingerprint density at radius 1 is 1.00 bits per heavy atom. The van der Waals surface area contributed by atoms with E-state index in [0.29, 0.717) is 24.7 Å². The fraction of sp³-hybridized carbons (Fsp3) is 0.571. The molecule has 1 aliphatic heterocycles. The lowest BCUT2D eigenvalue weighted by Crippen LogP contribution is -2.65. The standard InChI is InChI=1S/C28H39N3O2/c1-21(2)18-19-31-26(32)25-17-16-24(22-12-8-7-9-13-22)30(25)20-28(31,3)27(33)29-23-14-10-5-4-6-11-15-23/h7-9,12-13,16-17,21,23H,4-6,10-11,14-15,18-20H2,1-3H3,(H,29,33)/t28-/m1/s1. The van der Waals surface area contributed by atoms with E-state index >= 15 is 0 Å². The molecule has 0 spiro atoms. The Labute approximate surface area is 198 Å². The molecule has 0 unspecified atom stereocenters. The van der Waals surface area contributed by atoms with Gasteiger partial charge in [0.1, 0.15) is 11.2 Å². The van der Waals surface area contributed by atoms with Crippen molar-refractivity contribution in [1.29, 1.82) is 0 Å². The second-order valence-corrected chi connectivity index (χ2v) is 10.5. The topological polar surface area (TPSA) is 54.3 Å². The number of rotatable bonds is 6. The van der Waals surface area contributed by atoms with Gasteiger partial charge in [-0.25, -0.2) is 0 Å². The Morgan fingerprint density at radius 2 is 1.64 bits per heavy atom. The van der Waals surface area contributed by atoms with Crippen molar-refractivity contribution in [2.45, 2.75) is 90.3 Å². The molecule has 2 amide bonds. The number of amides is 2. The Kier molecular flexibility index (Phi) is 7.26. The SMILES string of the molecule is CC(C)CCN1C(=O)c2ccc(-c3ccccc3)n2C[C@]1(C)C(=O)NC1CCCCCCC1. The molecule has 1 atom stereocenters. The largest absolute Gasteiger partial charge is 0.351 e. The zero-order chi connectivity index (χ0) is 23.4. The number of carbonyl (C=O) groups is 2. The van der Waals surface area contributed by atoms with Crippen LogP contribution in [0.2, 0.25) is 0 Å². The highest BCUT2D eigenvalue weighted by Gasteiger charge is 2.48. The summed E-state index contributed by atoms with van der Waals surface area (Å²) in [4.78, 5) is 29.4. The molecule has 0 saturated heterocycles. The third kappa shape index (κ3) is 5.02. The van der Waals surface area contributed by atoms with E-state index in [1.165, 1.54) is 19.3 Å². The monoisotopic (exact) mass is 449 g/mol. The van der Waals surface area contributed by atoms with Crippen LogP contribution in [0.25, 0.3) is 11.3 Å². The fourth-order valence-electron chi connectivity index (χ4n) is 5.31. The molecule has 1 aliphatic carbocycles. The lowest BCUT2D eigenvalue weighted by molar-refractivity contribution is -0.133. The van der Waals surface area contributed by atoms with Crippen LogP contribution in [0.5, 0.6) is 0 Å². The van der Waals surface area contributed by atoms with Crippen LogP contribution in [-0.4, -0.2) is 39.4 Å². The van der Waals surface area contributed by atoms with Gasteiger partial charge in [0, 0.05) is 18.3 Å². The van der Waals surface area contributed by atoms with Gasteiger partial charge in [0.15, 0.2) is 0 Å². The molecule has 2 heterocycles. The van der Waals surface area contributed by atoms with Gasteiger partial charge < -0.3 is 14.8 Å². The molecule has 0 radical (unpaired) electrons. The molecular formula is C28H39N3O2. The minimum Gasteiger partial charge on any atom is -0.351 e. The van der Waals surface area contributed by atoms with Crippen LogP contribution in [0.15, 0.2) is 42.5 Å². The molecule has 1 saturated carbocycles. The van der Waals surface area contributed by atoms with Gasteiger partial charge in [-0.15, -0.1) is 0 Å². The summed E-state index contributed by atoms with van der Waals surface area (Å²) >= 11 is 0. The van der Waals surface area contributed by atoms with Gasteiger partial charge in [0.2, 0.25) is 5.91 Å². The summed E-state index contributed by atoms with van der Waals surface area (Å²) in [5.74, 6) is 0.409. The van der Waals surface area contributed by atoms with Gasteiger partial charge >= 0.3 is 0 Å². The van der Waals surface area contributed by atoms with Crippen LogP contribution >= 0.6 is 0 Å². The Hall–Kier alpha value is -2.56. The zero-order valence-electron chi connectivity index (χ0n) is 20.5. The molecule has 1 aromatic carbocycles. The van der Waals surface area contributed by atoms with E-state index in [-0.39, 0.29) is 17.9 Å². The van der Waals surface area contributed by atoms with E-state index in [1.54, 1.807) is 0 Å². The van der Waals surface area contributed by atoms with E-state index in [4.69, 9.17) is 0 Å². The first-order chi connectivity index (χ1) is 15.9. The molecule has 4 rings (SSSR count). The first kappa shape index (κ1) is 23.6. The van der Waals surface area contributed by atoms with Crippen molar-refractivity contribution in [3.05, 3.63) is 48.2 Å². The van der Waals surface area contributed by atoms with Gasteiger partial charge in [-0.05, 0) is 49.8 Å². The van der Waals surface area contributed by atoms with Crippen LogP contribution in [0.1, 0.15) is 82.6 Å². The maximum absolute atomic E-state index is 13.8. The quantitative estimate of drug-likeness (QED) is 0.620. The molecule has 1 fully saturated rings. The number of hydrogen-bond acceptors (Lipinski definition) is 2. The minimum absolute atomic E-state index is 0.0106. The van der Waals surface area contributed by atoms with Crippen molar-refractivity contribution in [3.63, 3.8) is 0 Å². The van der Waals surface area contributed by atoms with Gasteiger partial charge in [-0.2, -0.15) is 0 Å². The van der Waals surface area contributed by atoms with Gasteiger partial charge in [0.05, 0.1) is 6.54 Å². The normalized spacial score (nSPS) is 22.1. The number of hydrogen-bond donors (Lipinski definition) is 1. The Morgan fingerprint density at radius 3 is 2.30 bits per heavy atom. The maximum atomic E-state index is 13.8. The number of fused-ring (bicyclic) bond motifs is 1. The van der Waals surface area contributed by atoms with E-state index in [1.807, 2.05) is 42.2 Å². The van der Waals surface area contributed by atoms with Crippen LogP contribution in [0.3, 0.4) is 0 Å². The van der Waals surface area contributed by atoms with Crippen LogP contribution in [0, 0.1) is 5.92 Å². The molecule has 2 aliphatic rings. The lowest BCUT2D eigenvalue weighted by atomic mass is 9.91. The van der Waals surface area contributed by atoms with Crippen molar-refractivity contribution in [2.24, 2.45) is 5.92 Å². The molecule has 5 nitrogen and oxygen atoms in total. The molecule has 1 N–H and O–H groups in total. The Balaban J connectivity index is 1.66. The van der Waals surface area contributed by atoms with Crippen molar-refractivity contribution in [3.8, 4) is 11.3 Å². The minimum atomic E-state index is -0.913. The highest BCUT2D eigenvalue weighted by molar-refractivity contribution is 6.00. The molecule has 33 heavy (non-hydrogen) atoms. The first-order valence-corrected chi connectivity index (χ1v) is 12.8. The van der Waals surface area contributed by atoms with Gasteiger partial charge in [-0.1, -0.05) is 76.3 Å². The van der Waals surface area contributed by atoms with Crippen LogP contribution in [0.4, 0.5) is 0 Å². The molecule has 1 aromatic heterocycles. The van der Waals surface area contributed by atoms with Crippen molar-refractivity contribution in [1.82, 2.24) is 14.8 Å². The zero-order valence-corrected chi connectivity index (χ0v) is 20.5. The second kappa shape index (κ2) is 10.1. The molecule has 5 heteroatoms. The molecule has 2 aromatic rings. The van der Waals surface area contributed by atoms with E-state index < -0.39 is 5.54 Å². The maximum Gasteiger partial charge on any atom is 0.271 e. The van der Waals surface area contributed by atoms with E-state index in [0.717, 1.165) is 43.4 Å². The summed E-state index contributed by atoms with van der Waals surface area (Å²) in [6, 6.07) is 14.3. The number of nitrogens with one attached hydrogen (secondary N) is 1. The van der Waals surface area contributed by atoms with Crippen molar-refractivity contribution in [2.75, 3.05) is 6.54 Å². The molecule has 0 bridgehead atoms. The summed E-state index contributed by atoms with van der Waals surface area (Å²) in [5.41, 5.74) is 1.82. The second-order valence-electron chi connectivity index (χ2n) is 10.5. The average molecular weight is 450 g/mol. The number of carbonyl (C=O) groups excluding carboxylic acids is 2. The smallest absolute Gasteiger partial charge is 0.271 e. The molecule has 178 valence electrons. The summed E-state index contributed by atoms with van der Waals surface area (Å²) in [7, 11) is 0. The van der Waals surface area contributed by atoms with Gasteiger partial charge in [0.25, 0.3) is 5.91 Å². The summed E-state index contributed by atoms with van der Waals surface area (Å²) in [6.07, 6.45) is 9.07. The lowest BCUT2D eigenvalue weighted by Gasteiger charge is -2.45. The number of aromatic nitrogens is 1. The summed E-state index contributed by atoms with van der Waals surface area (Å²) in [5, 5.41) is 3.37. The number of nitrogens with zero attached hydrogens (tertiary/aromatic N) is 2. The third-order valence-electron chi connectivity index (χ3n) is 7.44. The highest BCUT2D eigenvalue weighted by Crippen LogP contribution is 2.34. The van der Waals surface area contributed by atoms with Crippen LogP contribution < -0.4 is 5.32 Å². The predicted octanol–water partition coefficient (Wildman–Crippen LogP) is 5.64. The highest BCUT2D eigenvalue weighted by atomic mass is 16.2. The fourth-order valence-corrected chi connectivity index (χ4v) is 5.31. The van der Waals surface area contributed by atoms with Gasteiger partial charge in [-0.3, -0.25) is 9.59 Å². The van der Waals surface area contributed by atoms with Crippen LogP contribution in [-0.2, 0) is 11.3 Å². The van der Waals surface area contributed by atoms with E-state index in [2.05, 4.69) is 35.9 Å². The van der Waals surface area contributed by atoms with E-state index in [9.17, 15) is 9.59 Å². The van der Waals surface area contributed by atoms with Crippen molar-refractivity contribution < 1.29 is 9.59 Å². The first-order valence-electron chi connectivity index (χ1n) is 12.8. The Bertz CT molecular complexity index is 957. The average Bonchev–Trinajstić information content (AvgIpc) is 3.19. The number of benzene rings is 1.